The van der Waals surface area contributed by atoms with Crippen LogP contribution >= 0.6 is 0 Å². The van der Waals surface area contributed by atoms with E-state index in [0.717, 1.165) is 11.9 Å². The fraction of sp³-hybridized carbons (Fsp3) is 0.0588. The molecule has 3 rings (SSSR count). The minimum atomic E-state index is -0.644. The Labute approximate surface area is 153 Å². The Balaban J connectivity index is 1.83. The van der Waals surface area contributed by atoms with Gasteiger partial charge < -0.3 is 5.32 Å². The molecule has 0 unspecified atom stereocenters. The highest BCUT2D eigenvalue weighted by Gasteiger charge is 2.24. The van der Waals surface area contributed by atoms with Crippen molar-refractivity contribution < 1.29 is 9.72 Å². The zero-order valence-corrected chi connectivity index (χ0v) is 14.2. The summed E-state index contributed by atoms with van der Waals surface area (Å²) in [4.78, 5) is 34.8. The molecule has 0 aliphatic heterocycles. The summed E-state index contributed by atoms with van der Waals surface area (Å²) in [5.41, 5.74) is 5.76. The third-order valence-corrected chi connectivity index (χ3v) is 3.50. The van der Waals surface area contributed by atoms with Gasteiger partial charge in [0.2, 0.25) is 11.6 Å². The number of hydrogen-bond acceptors (Lipinski definition) is 8. The molecule has 1 amide bonds. The molecule has 0 saturated carbocycles. The number of hydrazine groups is 1. The second-order valence-electron chi connectivity index (χ2n) is 5.47. The molecule has 0 fully saturated rings. The predicted molar refractivity (Wildman–Crippen MR) is 98.5 cm³/mol. The molecule has 10 heteroatoms. The van der Waals surface area contributed by atoms with Gasteiger partial charge in [-0.3, -0.25) is 25.8 Å². The Bertz CT molecular complexity index is 979. The summed E-state index contributed by atoms with van der Waals surface area (Å²) in [5.74, 6) is -0.270. The van der Waals surface area contributed by atoms with Gasteiger partial charge in [-0.1, -0.05) is 18.2 Å². The smallest absolute Gasteiger partial charge is 0.319 e. The number of anilines is 3. The van der Waals surface area contributed by atoms with Gasteiger partial charge >= 0.3 is 5.69 Å². The van der Waals surface area contributed by atoms with E-state index in [0.29, 0.717) is 11.4 Å². The number of hydrogen-bond donors (Lipinski definition) is 3. The first-order chi connectivity index (χ1) is 13.0. The number of aromatic nitrogens is 3. The monoisotopic (exact) mass is 365 g/mol. The molecule has 0 saturated heterocycles. The minimum Gasteiger partial charge on any atom is -0.319 e. The van der Waals surface area contributed by atoms with Gasteiger partial charge in [0.05, 0.1) is 4.92 Å². The molecule has 2 heterocycles. The number of pyridine rings is 1. The van der Waals surface area contributed by atoms with E-state index < -0.39 is 16.5 Å². The van der Waals surface area contributed by atoms with Crippen LogP contribution in [0.2, 0.25) is 0 Å². The number of carbonyl (C=O) groups excluding carboxylic acids is 1. The Morgan fingerprint density at radius 2 is 1.81 bits per heavy atom. The average molecular weight is 365 g/mol. The molecule has 0 aliphatic rings. The summed E-state index contributed by atoms with van der Waals surface area (Å²) in [6.07, 6.45) is 2.71. The minimum absolute atomic E-state index is 0.0513. The van der Waals surface area contributed by atoms with Crippen LogP contribution in [-0.2, 0) is 0 Å². The highest BCUT2D eigenvalue weighted by atomic mass is 16.6. The number of nitrogens with zero attached hydrogens (tertiary/aromatic N) is 4. The van der Waals surface area contributed by atoms with Crippen molar-refractivity contribution in [2.45, 2.75) is 6.92 Å². The van der Waals surface area contributed by atoms with E-state index in [1.807, 2.05) is 6.92 Å². The van der Waals surface area contributed by atoms with Crippen LogP contribution in [0.25, 0.3) is 0 Å². The normalized spacial score (nSPS) is 10.1. The molecule has 10 nitrogen and oxygen atoms in total. The van der Waals surface area contributed by atoms with Crippen LogP contribution in [0.5, 0.6) is 0 Å². The number of benzene rings is 1. The third kappa shape index (κ3) is 4.31. The molecule has 0 bridgehead atoms. The van der Waals surface area contributed by atoms with E-state index in [9.17, 15) is 14.9 Å². The Morgan fingerprint density at radius 1 is 1.07 bits per heavy atom. The molecule has 0 radical (unpaired) electrons. The lowest BCUT2D eigenvalue weighted by Gasteiger charge is -2.10. The van der Waals surface area contributed by atoms with Crippen LogP contribution < -0.4 is 16.2 Å². The Morgan fingerprint density at radius 3 is 2.52 bits per heavy atom. The molecular formula is C17H15N7O3. The number of aryl methyl sites for hydroxylation is 1. The van der Waals surface area contributed by atoms with Gasteiger partial charge in [-0.25, -0.2) is 15.0 Å². The maximum atomic E-state index is 12.1. The van der Waals surface area contributed by atoms with Gasteiger partial charge in [-0.15, -0.1) is 0 Å². The maximum Gasteiger partial charge on any atom is 0.355 e. The van der Waals surface area contributed by atoms with Crippen molar-refractivity contribution in [3.05, 3.63) is 76.2 Å². The number of nitro groups is 1. The van der Waals surface area contributed by atoms with Gasteiger partial charge in [0, 0.05) is 11.8 Å². The fourth-order valence-corrected chi connectivity index (χ4v) is 2.24. The summed E-state index contributed by atoms with van der Waals surface area (Å²) in [5, 5.41) is 14.3. The van der Waals surface area contributed by atoms with Crippen LogP contribution in [0, 0.1) is 17.0 Å². The van der Waals surface area contributed by atoms with E-state index in [1.54, 1.807) is 48.7 Å². The molecular weight excluding hydrogens is 350 g/mol. The molecule has 0 spiro atoms. The van der Waals surface area contributed by atoms with Crippen LogP contribution in [0.1, 0.15) is 15.9 Å². The molecule has 136 valence electrons. The Hall–Kier alpha value is -4.08. The van der Waals surface area contributed by atoms with E-state index >= 15 is 0 Å². The number of nitrogens with one attached hydrogen (secondary N) is 3. The summed E-state index contributed by atoms with van der Waals surface area (Å²) in [7, 11) is 0. The molecule has 3 N–H and O–H groups in total. The van der Waals surface area contributed by atoms with Crippen molar-refractivity contribution in [2.24, 2.45) is 0 Å². The first-order valence-corrected chi connectivity index (χ1v) is 7.85. The standard InChI is InChI=1S/C17H15N7O3/c1-11-7-8-18-13(9-11)21-15-14(24(26)27)16(20-10-19-15)22-23-17(25)12-5-3-2-4-6-12/h2-10H,1H3,(H,23,25)(H2,18,19,20,21,22). The molecule has 2 aromatic heterocycles. The number of rotatable bonds is 6. The topological polar surface area (TPSA) is 135 Å². The summed E-state index contributed by atoms with van der Waals surface area (Å²) in [6, 6.07) is 11.9. The van der Waals surface area contributed by atoms with Crippen molar-refractivity contribution in [1.29, 1.82) is 0 Å². The SMILES string of the molecule is Cc1ccnc(Nc2ncnc(NNC(=O)c3ccccc3)c2[N+](=O)[O-])c1. The number of carbonyl (C=O) groups is 1. The van der Waals surface area contributed by atoms with E-state index in [1.165, 1.54) is 0 Å². The average Bonchev–Trinajstić information content (AvgIpc) is 2.66. The summed E-state index contributed by atoms with van der Waals surface area (Å²) >= 11 is 0. The van der Waals surface area contributed by atoms with Gasteiger partial charge in [0.25, 0.3) is 5.91 Å². The first kappa shape index (κ1) is 17.7. The molecule has 1 aromatic carbocycles. The largest absolute Gasteiger partial charge is 0.355 e. The predicted octanol–water partition coefficient (Wildman–Crippen LogP) is 2.59. The first-order valence-electron chi connectivity index (χ1n) is 7.85. The second kappa shape index (κ2) is 7.87. The summed E-state index contributed by atoms with van der Waals surface area (Å²) in [6.45, 7) is 1.87. The van der Waals surface area contributed by atoms with E-state index in [-0.39, 0.29) is 11.6 Å². The van der Waals surface area contributed by atoms with Crippen LogP contribution in [0.4, 0.5) is 23.1 Å². The lowest BCUT2D eigenvalue weighted by molar-refractivity contribution is -0.383. The zero-order chi connectivity index (χ0) is 19.2. The van der Waals surface area contributed by atoms with Crippen molar-refractivity contribution in [1.82, 2.24) is 20.4 Å². The summed E-state index contributed by atoms with van der Waals surface area (Å²) < 4.78 is 0. The van der Waals surface area contributed by atoms with Gasteiger partial charge in [-0.2, -0.15) is 0 Å². The Kier molecular flexibility index (Phi) is 5.17. The highest BCUT2D eigenvalue weighted by Crippen LogP contribution is 2.30. The van der Waals surface area contributed by atoms with Crippen LogP contribution in [0.15, 0.2) is 55.0 Å². The quantitative estimate of drug-likeness (QED) is 0.448. The molecule has 0 atom stereocenters. The highest BCUT2D eigenvalue weighted by molar-refractivity contribution is 5.95. The van der Waals surface area contributed by atoms with Gasteiger partial charge in [0.15, 0.2) is 0 Å². The van der Waals surface area contributed by atoms with Crippen LogP contribution in [-0.4, -0.2) is 25.8 Å². The van der Waals surface area contributed by atoms with Crippen LogP contribution in [0.3, 0.4) is 0 Å². The van der Waals surface area contributed by atoms with E-state index in [2.05, 4.69) is 31.1 Å². The van der Waals surface area contributed by atoms with Crippen molar-refractivity contribution in [3.8, 4) is 0 Å². The molecule has 3 aromatic rings. The third-order valence-electron chi connectivity index (χ3n) is 3.50. The fourth-order valence-electron chi connectivity index (χ4n) is 2.24. The van der Waals surface area contributed by atoms with Crippen molar-refractivity contribution in [2.75, 3.05) is 10.7 Å². The lowest BCUT2D eigenvalue weighted by Crippen LogP contribution is -2.30. The second-order valence-corrected chi connectivity index (χ2v) is 5.47. The molecule has 0 aliphatic carbocycles. The van der Waals surface area contributed by atoms with Gasteiger partial charge in [-0.05, 0) is 36.8 Å². The van der Waals surface area contributed by atoms with Crippen molar-refractivity contribution in [3.63, 3.8) is 0 Å². The maximum absolute atomic E-state index is 12.1. The van der Waals surface area contributed by atoms with Crippen molar-refractivity contribution >= 4 is 29.0 Å². The number of amides is 1. The zero-order valence-electron chi connectivity index (χ0n) is 14.2. The van der Waals surface area contributed by atoms with E-state index in [4.69, 9.17) is 0 Å². The van der Waals surface area contributed by atoms with Gasteiger partial charge in [0.1, 0.15) is 12.1 Å². The lowest BCUT2D eigenvalue weighted by atomic mass is 10.2. The molecule has 27 heavy (non-hydrogen) atoms.